The van der Waals surface area contributed by atoms with Crippen LogP contribution in [-0.4, -0.2) is 19.0 Å². The van der Waals surface area contributed by atoms with E-state index in [1.807, 2.05) is 18.2 Å². The second-order valence-corrected chi connectivity index (χ2v) is 4.45. The molecule has 0 aliphatic carbocycles. The number of halogens is 2. The molecule has 2 N–H and O–H groups in total. The van der Waals surface area contributed by atoms with Crippen LogP contribution < -0.4 is 10.6 Å². The third-order valence-corrected chi connectivity index (χ3v) is 3.09. The quantitative estimate of drug-likeness (QED) is 0.779. The highest BCUT2D eigenvalue weighted by Crippen LogP contribution is 2.27. The van der Waals surface area contributed by atoms with Gasteiger partial charge in [0.1, 0.15) is 0 Å². The van der Waals surface area contributed by atoms with Crippen molar-refractivity contribution >= 4 is 45.8 Å². The topological polar surface area (TPSA) is 36.4 Å². The number of anilines is 1. The maximum absolute atomic E-state index is 6.06. The molecule has 1 aromatic rings. The van der Waals surface area contributed by atoms with Gasteiger partial charge in [-0.2, -0.15) is 0 Å². The molecule has 1 aromatic carbocycles. The molecule has 2 rings (SSSR count). The van der Waals surface area contributed by atoms with Gasteiger partial charge in [-0.25, -0.2) is 0 Å². The number of rotatable bonds is 1. The van der Waals surface area contributed by atoms with Gasteiger partial charge in [-0.05, 0) is 34.7 Å². The zero-order chi connectivity index (χ0) is 9.97. The van der Waals surface area contributed by atoms with Crippen molar-refractivity contribution in [2.24, 2.45) is 4.99 Å². The summed E-state index contributed by atoms with van der Waals surface area (Å²) in [6, 6.07) is 5.80. The average Bonchev–Trinajstić information content (AvgIpc) is 2.64. The van der Waals surface area contributed by atoms with Crippen molar-refractivity contribution in [2.75, 3.05) is 18.4 Å². The average molecular weight is 322 g/mol. The van der Waals surface area contributed by atoms with Crippen LogP contribution in [0.4, 0.5) is 5.69 Å². The molecule has 0 fully saturated rings. The smallest absolute Gasteiger partial charge is 0.195 e. The molecule has 0 saturated carbocycles. The van der Waals surface area contributed by atoms with Gasteiger partial charge in [0, 0.05) is 10.1 Å². The largest absolute Gasteiger partial charge is 0.354 e. The Hall–Kier alpha value is -0.490. The number of nitrogens with zero attached hydrogens (tertiary/aromatic N) is 1. The second-order valence-electron chi connectivity index (χ2n) is 2.88. The predicted octanol–water partition coefficient (Wildman–Crippen LogP) is 2.32. The fourth-order valence-electron chi connectivity index (χ4n) is 1.22. The highest BCUT2D eigenvalue weighted by Gasteiger charge is 2.09. The van der Waals surface area contributed by atoms with E-state index in [4.69, 9.17) is 11.6 Å². The zero-order valence-corrected chi connectivity index (χ0v) is 10.3. The number of guanidine groups is 1. The minimum absolute atomic E-state index is 0.716. The maximum Gasteiger partial charge on any atom is 0.195 e. The van der Waals surface area contributed by atoms with Crippen LogP contribution in [0.3, 0.4) is 0 Å². The number of aliphatic imine (C=N–C) groups is 1. The molecular formula is C9H9ClIN3. The van der Waals surface area contributed by atoms with Gasteiger partial charge < -0.3 is 10.6 Å². The van der Waals surface area contributed by atoms with Gasteiger partial charge in [-0.15, -0.1) is 0 Å². The molecule has 74 valence electrons. The molecule has 0 bridgehead atoms. The first-order valence-electron chi connectivity index (χ1n) is 4.27. The van der Waals surface area contributed by atoms with Crippen LogP contribution in [0.1, 0.15) is 0 Å². The van der Waals surface area contributed by atoms with Gasteiger partial charge in [0.15, 0.2) is 5.96 Å². The van der Waals surface area contributed by atoms with E-state index >= 15 is 0 Å². The monoisotopic (exact) mass is 321 g/mol. The zero-order valence-electron chi connectivity index (χ0n) is 7.35. The molecule has 0 amide bonds. The number of benzene rings is 1. The van der Waals surface area contributed by atoms with Crippen LogP contribution in [0.5, 0.6) is 0 Å². The predicted molar refractivity (Wildman–Crippen MR) is 68.1 cm³/mol. The summed E-state index contributed by atoms with van der Waals surface area (Å²) in [4.78, 5) is 4.25. The molecule has 14 heavy (non-hydrogen) atoms. The van der Waals surface area contributed by atoms with Gasteiger partial charge in [-0.3, -0.25) is 4.99 Å². The Bertz CT molecular complexity index is 358. The van der Waals surface area contributed by atoms with Crippen LogP contribution >= 0.6 is 34.2 Å². The molecule has 0 radical (unpaired) electrons. The number of para-hydroxylation sites is 1. The highest BCUT2D eigenvalue weighted by molar-refractivity contribution is 14.1. The van der Waals surface area contributed by atoms with Gasteiger partial charge in [-0.1, -0.05) is 17.7 Å². The van der Waals surface area contributed by atoms with Crippen molar-refractivity contribution in [3.63, 3.8) is 0 Å². The van der Waals surface area contributed by atoms with E-state index in [1.54, 1.807) is 0 Å². The van der Waals surface area contributed by atoms with Crippen molar-refractivity contribution in [1.29, 1.82) is 0 Å². The molecule has 1 heterocycles. The van der Waals surface area contributed by atoms with Crippen LogP contribution in [-0.2, 0) is 0 Å². The Kier molecular flexibility index (Phi) is 3.12. The molecule has 0 aromatic heterocycles. The second kappa shape index (κ2) is 4.35. The minimum atomic E-state index is 0.716. The van der Waals surface area contributed by atoms with Gasteiger partial charge in [0.25, 0.3) is 0 Å². The summed E-state index contributed by atoms with van der Waals surface area (Å²) < 4.78 is 1.09. The van der Waals surface area contributed by atoms with Crippen molar-refractivity contribution in [3.8, 4) is 0 Å². The highest BCUT2D eigenvalue weighted by atomic mass is 127. The van der Waals surface area contributed by atoms with Crippen molar-refractivity contribution in [3.05, 3.63) is 26.8 Å². The summed E-state index contributed by atoms with van der Waals surface area (Å²) in [5, 5.41) is 7.03. The van der Waals surface area contributed by atoms with E-state index in [0.29, 0.717) is 5.02 Å². The fraction of sp³-hybridized carbons (Fsp3) is 0.222. The molecule has 0 atom stereocenters. The lowest BCUT2D eigenvalue weighted by Crippen LogP contribution is -2.26. The Morgan fingerprint density at radius 2 is 2.36 bits per heavy atom. The van der Waals surface area contributed by atoms with Crippen molar-refractivity contribution in [1.82, 2.24) is 5.32 Å². The number of nitrogens with one attached hydrogen (secondary N) is 2. The minimum Gasteiger partial charge on any atom is -0.354 e. The SMILES string of the molecule is Clc1cccc(I)c1NC1=NCCN1. The first-order chi connectivity index (χ1) is 6.77. The standard InChI is InChI=1S/C9H9ClIN3/c10-6-2-1-3-7(11)8(6)14-9-12-4-5-13-9/h1-3H,4-5H2,(H2,12,13,14). The van der Waals surface area contributed by atoms with Gasteiger partial charge >= 0.3 is 0 Å². The molecule has 1 aliphatic heterocycles. The Balaban J connectivity index is 2.23. The summed E-state index contributed by atoms with van der Waals surface area (Å²) in [6.07, 6.45) is 0. The number of hydrogen-bond donors (Lipinski definition) is 2. The van der Waals surface area contributed by atoms with Gasteiger partial charge in [0.2, 0.25) is 0 Å². The lowest BCUT2D eigenvalue weighted by molar-refractivity contribution is 0.959. The van der Waals surface area contributed by atoms with Crippen LogP contribution in [0.15, 0.2) is 23.2 Å². The van der Waals surface area contributed by atoms with Crippen molar-refractivity contribution < 1.29 is 0 Å². The van der Waals surface area contributed by atoms with E-state index < -0.39 is 0 Å². The third-order valence-electron chi connectivity index (χ3n) is 1.88. The lowest BCUT2D eigenvalue weighted by Gasteiger charge is -2.10. The van der Waals surface area contributed by atoms with E-state index in [-0.39, 0.29) is 0 Å². The van der Waals surface area contributed by atoms with E-state index in [2.05, 4.69) is 38.2 Å². The van der Waals surface area contributed by atoms with Gasteiger partial charge in [0.05, 0.1) is 17.3 Å². The Labute approximate surface area is 101 Å². The molecule has 1 aliphatic rings. The summed E-state index contributed by atoms with van der Waals surface area (Å²) >= 11 is 8.30. The van der Waals surface area contributed by atoms with Crippen molar-refractivity contribution in [2.45, 2.75) is 0 Å². The van der Waals surface area contributed by atoms with E-state index in [1.165, 1.54) is 0 Å². The van der Waals surface area contributed by atoms with E-state index in [9.17, 15) is 0 Å². The molecule has 0 unspecified atom stereocenters. The molecular weight excluding hydrogens is 312 g/mol. The Morgan fingerprint density at radius 1 is 1.50 bits per heavy atom. The van der Waals surface area contributed by atoms with Crippen LogP contribution in [0.25, 0.3) is 0 Å². The first kappa shape index (κ1) is 10.0. The summed E-state index contributed by atoms with van der Waals surface area (Å²) in [7, 11) is 0. The molecule has 5 heteroatoms. The van der Waals surface area contributed by atoms with Crippen LogP contribution in [0.2, 0.25) is 5.02 Å². The first-order valence-corrected chi connectivity index (χ1v) is 5.72. The molecule has 0 saturated heterocycles. The normalized spacial score (nSPS) is 14.9. The molecule has 3 nitrogen and oxygen atoms in total. The fourth-order valence-corrected chi connectivity index (χ4v) is 2.23. The van der Waals surface area contributed by atoms with Crippen LogP contribution in [0, 0.1) is 3.57 Å². The van der Waals surface area contributed by atoms with E-state index in [0.717, 1.165) is 28.3 Å². The third kappa shape index (κ3) is 2.12. The maximum atomic E-state index is 6.06. The lowest BCUT2D eigenvalue weighted by atomic mass is 10.3. The molecule has 0 spiro atoms. The number of hydrogen-bond acceptors (Lipinski definition) is 3. The summed E-state index contributed by atoms with van der Waals surface area (Å²) in [6.45, 7) is 1.72. The Morgan fingerprint density at radius 3 is 3.00 bits per heavy atom. The summed E-state index contributed by atoms with van der Waals surface area (Å²) in [5.74, 6) is 0.802. The summed E-state index contributed by atoms with van der Waals surface area (Å²) in [5.41, 5.74) is 0.919.